The highest BCUT2D eigenvalue weighted by molar-refractivity contribution is 6.09. The van der Waals surface area contributed by atoms with Crippen LogP contribution in [0.15, 0.2) is 48.7 Å². The number of para-hydroxylation sites is 1. The molecule has 2 aromatic rings. The van der Waals surface area contributed by atoms with Crippen molar-refractivity contribution in [3.8, 4) is 0 Å². The zero-order valence-corrected chi connectivity index (χ0v) is 20.3. The lowest BCUT2D eigenvalue weighted by Gasteiger charge is -2.38. The van der Waals surface area contributed by atoms with Crippen LogP contribution in [0, 0.1) is 11.8 Å². The number of anilines is 2. The van der Waals surface area contributed by atoms with E-state index in [4.69, 9.17) is 0 Å². The lowest BCUT2D eigenvalue weighted by Crippen LogP contribution is -2.51. The molecule has 3 heterocycles. The summed E-state index contributed by atoms with van der Waals surface area (Å²) < 4.78 is 0. The smallest absolute Gasteiger partial charge is 0.256 e. The molecule has 0 N–H and O–H groups in total. The number of pyridine rings is 1. The van der Waals surface area contributed by atoms with Crippen molar-refractivity contribution in [2.45, 2.75) is 25.7 Å². The summed E-state index contributed by atoms with van der Waals surface area (Å²) in [6.07, 6.45) is 5.30. The van der Waals surface area contributed by atoms with Gasteiger partial charge in [0, 0.05) is 51.9 Å². The van der Waals surface area contributed by atoms with Crippen molar-refractivity contribution < 1.29 is 14.4 Å². The SMILES string of the molecule is CN1C(=O)CN(CC2CCC(C(=O)N3CCN(c4ccccn4)CC3)CC2)C(=O)c2ccccc21. The highest BCUT2D eigenvalue weighted by Crippen LogP contribution is 2.32. The van der Waals surface area contributed by atoms with Gasteiger partial charge in [0.05, 0.1) is 11.3 Å². The molecular weight excluding hydrogens is 442 g/mol. The minimum atomic E-state index is -0.0812. The second kappa shape index (κ2) is 10.1. The minimum Gasteiger partial charge on any atom is -0.353 e. The van der Waals surface area contributed by atoms with Gasteiger partial charge < -0.3 is 19.6 Å². The molecule has 3 amide bonds. The van der Waals surface area contributed by atoms with Gasteiger partial charge in [-0.3, -0.25) is 14.4 Å². The van der Waals surface area contributed by atoms with E-state index in [1.807, 2.05) is 41.3 Å². The standard InChI is InChI=1S/C27H33N5O3/c1-29-23-7-3-2-6-22(23)27(35)32(19-25(29)33)18-20-9-11-21(12-10-20)26(34)31-16-14-30(15-17-31)24-8-4-5-13-28-24/h2-8,13,20-21H,9-12,14-19H2,1H3. The van der Waals surface area contributed by atoms with E-state index in [1.165, 1.54) is 0 Å². The van der Waals surface area contributed by atoms with Gasteiger partial charge in [-0.05, 0) is 55.9 Å². The zero-order chi connectivity index (χ0) is 24.4. The van der Waals surface area contributed by atoms with Crippen molar-refractivity contribution in [3.63, 3.8) is 0 Å². The fourth-order valence-electron chi connectivity index (χ4n) is 5.60. The van der Waals surface area contributed by atoms with E-state index in [0.717, 1.165) is 57.7 Å². The van der Waals surface area contributed by atoms with E-state index in [1.54, 1.807) is 29.1 Å². The number of carbonyl (C=O) groups is 3. The molecule has 2 aliphatic heterocycles. The van der Waals surface area contributed by atoms with E-state index in [9.17, 15) is 14.4 Å². The monoisotopic (exact) mass is 475 g/mol. The molecular formula is C27H33N5O3. The van der Waals surface area contributed by atoms with E-state index in [0.29, 0.717) is 23.7 Å². The molecule has 8 nitrogen and oxygen atoms in total. The highest BCUT2D eigenvalue weighted by atomic mass is 16.2. The predicted octanol–water partition coefficient (Wildman–Crippen LogP) is 2.66. The van der Waals surface area contributed by atoms with Gasteiger partial charge in [-0.15, -0.1) is 0 Å². The molecule has 1 saturated carbocycles. The number of hydrogen-bond donors (Lipinski definition) is 0. The summed E-state index contributed by atoms with van der Waals surface area (Å²) in [4.78, 5) is 51.0. The van der Waals surface area contributed by atoms with Crippen LogP contribution in [0.3, 0.4) is 0 Å². The van der Waals surface area contributed by atoms with Gasteiger partial charge in [0.25, 0.3) is 5.91 Å². The first-order valence-corrected chi connectivity index (χ1v) is 12.6. The van der Waals surface area contributed by atoms with Crippen LogP contribution in [0.25, 0.3) is 0 Å². The molecule has 184 valence electrons. The number of aromatic nitrogens is 1. The molecule has 3 aliphatic rings. The maximum Gasteiger partial charge on any atom is 0.256 e. The van der Waals surface area contributed by atoms with E-state index in [-0.39, 0.29) is 30.2 Å². The second-order valence-corrected chi connectivity index (χ2v) is 9.87. The zero-order valence-electron chi connectivity index (χ0n) is 20.3. The van der Waals surface area contributed by atoms with Crippen LogP contribution < -0.4 is 9.80 Å². The van der Waals surface area contributed by atoms with Crippen molar-refractivity contribution in [1.82, 2.24) is 14.8 Å². The van der Waals surface area contributed by atoms with Gasteiger partial charge >= 0.3 is 0 Å². The fraction of sp³-hybridized carbons (Fsp3) is 0.481. The summed E-state index contributed by atoms with van der Waals surface area (Å²) in [5.74, 6) is 1.45. The molecule has 1 saturated heterocycles. The lowest BCUT2D eigenvalue weighted by molar-refractivity contribution is -0.137. The molecule has 0 atom stereocenters. The Kier molecular flexibility index (Phi) is 6.70. The molecule has 35 heavy (non-hydrogen) atoms. The Morgan fingerprint density at radius 3 is 2.37 bits per heavy atom. The normalized spacial score (nSPS) is 23.2. The molecule has 2 fully saturated rings. The van der Waals surface area contributed by atoms with Crippen LogP contribution in [-0.2, 0) is 9.59 Å². The van der Waals surface area contributed by atoms with Gasteiger partial charge in [0.15, 0.2) is 0 Å². The molecule has 0 bridgehead atoms. The summed E-state index contributed by atoms with van der Waals surface area (Å²) in [5.41, 5.74) is 1.25. The fourth-order valence-corrected chi connectivity index (χ4v) is 5.60. The van der Waals surface area contributed by atoms with Crippen LogP contribution in [-0.4, -0.2) is 78.8 Å². The quantitative estimate of drug-likeness (QED) is 0.680. The summed E-state index contributed by atoms with van der Waals surface area (Å²) in [6, 6.07) is 13.2. The molecule has 0 radical (unpaired) electrons. The van der Waals surface area contributed by atoms with Gasteiger partial charge in [-0.1, -0.05) is 18.2 Å². The number of amides is 3. The van der Waals surface area contributed by atoms with Gasteiger partial charge in [0.1, 0.15) is 12.4 Å². The first-order valence-electron chi connectivity index (χ1n) is 12.6. The Bertz CT molecular complexity index is 1080. The molecule has 5 rings (SSSR count). The van der Waals surface area contributed by atoms with Crippen LogP contribution in [0.1, 0.15) is 36.0 Å². The Hall–Kier alpha value is -3.42. The number of fused-ring (bicyclic) bond motifs is 1. The average molecular weight is 476 g/mol. The Morgan fingerprint density at radius 2 is 1.66 bits per heavy atom. The van der Waals surface area contributed by atoms with Crippen molar-refractivity contribution in [3.05, 3.63) is 54.2 Å². The number of piperazine rings is 1. The lowest BCUT2D eigenvalue weighted by atomic mass is 9.81. The Balaban J connectivity index is 1.14. The predicted molar refractivity (Wildman–Crippen MR) is 134 cm³/mol. The summed E-state index contributed by atoms with van der Waals surface area (Å²) in [5, 5.41) is 0. The second-order valence-electron chi connectivity index (χ2n) is 9.87. The molecule has 1 aromatic heterocycles. The average Bonchev–Trinajstić information content (AvgIpc) is 3.00. The van der Waals surface area contributed by atoms with Crippen molar-refractivity contribution in [2.24, 2.45) is 11.8 Å². The molecule has 8 heteroatoms. The molecule has 1 aromatic carbocycles. The van der Waals surface area contributed by atoms with E-state index >= 15 is 0 Å². The number of rotatable bonds is 4. The Labute approximate surface area is 206 Å². The van der Waals surface area contributed by atoms with E-state index in [2.05, 4.69) is 9.88 Å². The number of carbonyl (C=O) groups excluding carboxylic acids is 3. The molecule has 1 aliphatic carbocycles. The number of benzene rings is 1. The van der Waals surface area contributed by atoms with Gasteiger partial charge in [-0.25, -0.2) is 4.98 Å². The largest absolute Gasteiger partial charge is 0.353 e. The van der Waals surface area contributed by atoms with Crippen molar-refractivity contribution in [1.29, 1.82) is 0 Å². The molecule has 0 spiro atoms. The van der Waals surface area contributed by atoms with Crippen LogP contribution >= 0.6 is 0 Å². The van der Waals surface area contributed by atoms with Crippen molar-refractivity contribution >= 4 is 29.2 Å². The van der Waals surface area contributed by atoms with E-state index < -0.39 is 0 Å². The third kappa shape index (κ3) is 4.88. The van der Waals surface area contributed by atoms with Crippen LogP contribution in [0.2, 0.25) is 0 Å². The maximum atomic E-state index is 13.2. The third-order valence-electron chi connectivity index (χ3n) is 7.72. The topological polar surface area (TPSA) is 77.1 Å². The third-order valence-corrected chi connectivity index (χ3v) is 7.72. The number of nitrogens with zero attached hydrogens (tertiary/aromatic N) is 5. The molecule has 0 unspecified atom stereocenters. The summed E-state index contributed by atoms with van der Waals surface area (Å²) in [7, 11) is 1.73. The van der Waals surface area contributed by atoms with Gasteiger partial charge in [-0.2, -0.15) is 0 Å². The van der Waals surface area contributed by atoms with Crippen molar-refractivity contribution in [2.75, 3.05) is 56.1 Å². The van der Waals surface area contributed by atoms with Crippen LogP contribution in [0.5, 0.6) is 0 Å². The highest BCUT2D eigenvalue weighted by Gasteiger charge is 2.34. The number of hydrogen-bond acceptors (Lipinski definition) is 5. The van der Waals surface area contributed by atoms with Crippen LogP contribution in [0.4, 0.5) is 11.5 Å². The van der Waals surface area contributed by atoms with Gasteiger partial charge in [0.2, 0.25) is 11.8 Å². The summed E-state index contributed by atoms with van der Waals surface area (Å²) >= 11 is 0. The Morgan fingerprint density at radius 1 is 0.943 bits per heavy atom. The maximum absolute atomic E-state index is 13.2. The first-order chi connectivity index (χ1) is 17.0. The summed E-state index contributed by atoms with van der Waals surface area (Å²) in [6.45, 7) is 3.73. The number of likely N-dealkylation sites (N-methyl/N-ethyl adjacent to an activating group) is 1. The minimum absolute atomic E-state index is 0.0565. The first kappa shape index (κ1) is 23.3.